The fourth-order valence-corrected chi connectivity index (χ4v) is 12.5. The normalized spacial score (nSPS) is 15.7. The smallest absolute Gasteiger partial charge is 0.156 e. The number of benzene rings is 10. The summed E-state index contributed by atoms with van der Waals surface area (Å²) in [6, 6.07) is 65.5. The summed E-state index contributed by atoms with van der Waals surface area (Å²) >= 11 is 14.6. The highest BCUT2D eigenvalue weighted by atomic mass is 35.7. The molecule has 2 nitrogen and oxygen atoms in total. The summed E-state index contributed by atoms with van der Waals surface area (Å²) < 4.78 is 2.26. The fraction of sp³-hybridized carbons (Fsp3) is 0. The molecule has 0 aliphatic carbocycles. The second-order valence-corrected chi connectivity index (χ2v) is 19.3. The Balaban J connectivity index is 1.19. The Kier molecular flexibility index (Phi) is 6.79. The molecule has 0 aromatic heterocycles. The molecule has 250 valence electrons. The maximum atomic E-state index is 7.92. The Hall–Kier alpha value is -5.70. The lowest BCUT2D eigenvalue weighted by Gasteiger charge is -2.32. The number of anilines is 5. The van der Waals surface area contributed by atoms with Crippen LogP contribution in [-0.4, -0.2) is 0 Å². The molecule has 1 aliphatic heterocycles. The largest absolute Gasteiger partial charge is 0.308 e. The van der Waals surface area contributed by atoms with Gasteiger partial charge in [-0.25, -0.2) is 0 Å². The van der Waals surface area contributed by atoms with Gasteiger partial charge in [-0.2, -0.15) is 0 Å². The van der Waals surface area contributed by atoms with Crippen LogP contribution in [-0.2, 0) is 11.8 Å². The van der Waals surface area contributed by atoms with Gasteiger partial charge in [0.2, 0.25) is 0 Å². The number of fused-ring (bicyclic) bond motifs is 14. The van der Waals surface area contributed by atoms with Crippen LogP contribution in [0.1, 0.15) is 0 Å². The molecule has 0 saturated heterocycles. The zero-order chi connectivity index (χ0) is 35.3. The van der Waals surface area contributed by atoms with Gasteiger partial charge in [-0.15, -0.1) is 0 Å². The van der Waals surface area contributed by atoms with E-state index >= 15 is 0 Å². The highest BCUT2D eigenvalue weighted by Gasteiger charge is 2.37. The van der Waals surface area contributed by atoms with Crippen LogP contribution in [0.5, 0.6) is 0 Å². The highest BCUT2D eigenvalue weighted by molar-refractivity contribution is 8.31. The van der Waals surface area contributed by atoms with Crippen molar-refractivity contribution in [1.82, 2.24) is 0 Å². The lowest BCUT2D eigenvalue weighted by atomic mass is 9.94. The Morgan fingerprint density at radius 3 is 1.17 bits per heavy atom. The summed E-state index contributed by atoms with van der Waals surface area (Å²) in [5.74, 6) is 0. The zero-order valence-corrected chi connectivity index (χ0v) is 30.9. The first-order chi connectivity index (χ1) is 26.1. The number of hydrogen-bond acceptors (Lipinski definition) is 2. The van der Waals surface area contributed by atoms with Gasteiger partial charge in [-0.3, -0.25) is 4.67 Å². The summed E-state index contributed by atoms with van der Waals surface area (Å²) in [6.45, 7) is 0. The average Bonchev–Trinajstić information content (AvgIpc) is 3.30. The number of rotatable bonds is 2. The van der Waals surface area contributed by atoms with Crippen LogP contribution in [0.15, 0.2) is 182 Å². The molecule has 0 saturated carbocycles. The van der Waals surface area contributed by atoms with Gasteiger partial charge >= 0.3 is 0 Å². The first-order valence-corrected chi connectivity index (χ1v) is 21.5. The van der Waals surface area contributed by atoms with E-state index in [2.05, 4.69) is 192 Å². The van der Waals surface area contributed by atoms with Crippen molar-refractivity contribution >= 4 is 127 Å². The van der Waals surface area contributed by atoms with E-state index in [1.807, 2.05) is 0 Å². The lowest BCUT2D eigenvalue weighted by molar-refractivity contribution is 1.29. The number of nitrogens with zero attached hydrogens (tertiary/aromatic N) is 2. The van der Waals surface area contributed by atoms with Gasteiger partial charge in [0.25, 0.3) is 0 Å². The standard InChI is InChI=1S/C48H30ClN2PS/c49-52(53)48-24-12-11-23-47(48)50(31-25-27-41-37-17-3-1-13-33(37)35-15-5-7-19-39(35)43(41)29-31)45-21-9-10-22-46(45)51(52)32-26-28-42-38-18-4-2-14-34(38)36-16-6-8-20-40(36)44(42)30-32/h1-30H. The Bertz CT molecular complexity index is 3140. The van der Waals surface area contributed by atoms with E-state index in [0.29, 0.717) is 0 Å². The van der Waals surface area contributed by atoms with Gasteiger partial charge < -0.3 is 4.90 Å². The summed E-state index contributed by atoms with van der Waals surface area (Å²) in [6.07, 6.45) is 0. The van der Waals surface area contributed by atoms with Crippen molar-refractivity contribution in [2.24, 2.45) is 0 Å². The summed E-state index contributed by atoms with van der Waals surface area (Å²) in [7, 11) is 0. The van der Waals surface area contributed by atoms with Crippen molar-refractivity contribution in [3.63, 3.8) is 0 Å². The molecule has 53 heavy (non-hydrogen) atoms. The van der Waals surface area contributed by atoms with Crippen molar-refractivity contribution in [3.8, 4) is 0 Å². The average molecular weight is 733 g/mol. The van der Waals surface area contributed by atoms with Crippen molar-refractivity contribution < 1.29 is 0 Å². The number of halogens is 1. The highest BCUT2D eigenvalue weighted by Crippen LogP contribution is 2.66. The maximum Gasteiger partial charge on any atom is 0.156 e. The second kappa shape index (κ2) is 11.7. The molecule has 1 aliphatic rings. The molecule has 1 unspecified atom stereocenters. The predicted molar refractivity (Wildman–Crippen MR) is 235 cm³/mol. The first-order valence-electron chi connectivity index (χ1n) is 17.8. The minimum absolute atomic E-state index is 0.958. The van der Waals surface area contributed by atoms with Crippen molar-refractivity contribution in [2.45, 2.75) is 0 Å². The molecule has 0 N–H and O–H groups in total. The van der Waals surface area contributed by atoms with Crippen LogP contribution in [0.3, 0.4) is 0 Å². The molecule has 10 aromatic carbocycles. The van der Waals surface area contributed by atoms with Crippen molar-refractivity contribution in [1.29, 1.82) is 0 Å². The molecule has 11 rings (SSSR count). The molecule has 0 bridgehead atoms. The predicted octanol–water partition coefficient (Wildman–Crippen LogP) is 14.4. The third-order valence-electron chi connectivity index (χ3n) is 11.0. The summed E-state index contributed by atoms with van der Waals surface area (Å²) in [5.41, 5.74) is 2.10. The molecule has 0 fully saturated rings. The molecule has 10 aromatic rings. The van der Waals surface area contributed by atoms with Crippen molar-refractivity contribution in [2.75, 3.05) is 9.57 Å². The van der Waals surface area contributed by atoms with E-state index in [4.69, 9.17) is 23.0 Å². The molecular weight excluding hydrogens is 703 g/mol. The molecule has 1 atom stereocenters. The van der Waals surface area contributed by atoms with Crippen LogP contribution >= 0.6 is 16.8 Å². The zero-order valence-electron chi connectivity index (χ0n) is 28.4. The van der Waals surface area contributed by atoms with Gasteiger partial charge in [-0.1, -0.05) is 157 Å². The van der Waals surface area contributed by atoms with Gasteiger partial charge in [0.1, 0.15) is 0 Å². The summed E-state index contributed by atoms with van der Waals surface area (Å²) in [4.78, 5) is 2.36. The van der Waals surface area contributed by atoms with Gasteiger partial charge in [0.15, 0.2) is 5.54 Å². The molecular formula is C48H30ClN2PS. The Labute approximate surface area is 316 Å². The van der Waals surface area contributed by atoms with E-state index in [1.165, 1.54) is 64.6 Å². The second-order valence-electron chi connectivity index (χ2n) is 13.8. The quantitative estimate of drug-likeness (QED) is 0.129. The first kappa shape index (κ1) is 30.9. The van der Waals surface area contributed by atoms with Crippen LogP contribution in [0.4, 0.5) is 28.4 Å². The van der Waals surface area contributed by atoms with E-state index in [1.54, 1.807) is 0 Å². The molecule has 0 amide bonds. The van der Waals surface area contributed by atoms with Crippen LogP contribution in [0, 0.1) is 0 Å². The Morgan fingerprint density at radius 2 is 0.679 bits per heavy atom. The van der Waals surface area contributed by atoms with E-state index in [0.717, 1.165) is 33.7 Å². The monoisotopic (exact) mass is 732 g/mol. The van der Waals surface area contributed by atoms with E-state index < -0.39 is 5.54 Å². The summed E-state index contributed by atoms with van der Waals surface area (Å²) in [5, 5.41) is 15.8. The molecule has 5 heteroatoms. The molecule has 0 spiro atoms. The molecule has 1 heterocycles. The SMILES string of the molecule is S=P1(Cl)c2ccccc2N(c2ccc3c4ccccc4c4ccccc4c3c2)c2ccccc2N1c1ccc2c3ccccc3c3ccccc3c2c1. The van der Waals surface area contributed by atoms with Crippen LogP contribution < -0.4 is 14.9 Å². The number of para-hydroxylation sites is 3. The molecule has 0 radical (unpaired) electrons. The van der Waals surface area contributed by atoms with Gasteiger partial charge in [0, 0.05) is 16.7 Å². The van der Waals surface area contributed by atoms with Crippen LogP contribution in [0.25, 0.3) is 64.6 Å². The number of hydrogen-bond donors (Lipinski definition) is 0. The van der Waals surface area contributed by atoms with E-state index in [9.17, 15) is 0 Å². The fourth-order valence-electron chi connectivity index (χ4n) is 8.72. The van der Waals surface area contributed by atoms with Gasteiger partial charge in [-0.05, 0) is 113 Å². The van der Waals surface area contributed by atoms with Crippen LogP contribution in [0.2, 0.25) is 0 Å². The van der Waals surface area contributed by atoms with Crippen molar-refractivity contribution in [3.05, 3.63) is 182 Å². The topological polar surface area (TPSA) is 6.48 Å². The Morgan fingerprint density at radius 1 is 0.340 bits per heavy atom. The van der Waals surface area contributed by atoms with Gasteiger partial charge in [0.05, 0.1) is 17.1 Å². The third-order valence-corrected chi connectivity index (χ3v) is 15.0. The van der Waals surface area contributed by atoms with E-state index in [-0.39, 0.29) is 0 Å². The minimum Gasteiger partial charge on any atom is -0.308 e. The third kappa shape index (κ3) is 4.49. The maximum absolute atomic E-state index is 7.92. The minimum atomic E-state index is -2.95. The lowest BCUT2D eigenvalue weighted by Crippen LogP contribution is -2.18.